The van der Waals surface area contributed by atoms with Gasteiger partial charge in [-0.15, -0.1) is 0 Å². The number of fused-ring (bicyclic) bond motifs is 1. The summed E-state index contributed by atoms with van der Waals surface area (Å²) in [6.07, 6.45) is 7.51. The van der Waals surface area contributed by atoms with E-state index in [1.165, 1.54) is 13.2 Å². The fourth-order valence-electron chi connectivity index (χ4n) is 4.07. The van der Waals surface area contributed by atoms with Crippen molar-refractivity contribution in [1.82, 2.24) is 19.2 Å². The number of nitrogens with zero attached hydrogens (tertiary/aromatic N) is 4. The molecule has 4 rings (SSSR count). The van der Waals surface area contributed by atoms with E-state index in [2.05, 4.69) is 10.00 Å². The number of hydrogen-bond donors (Lipinski definition) is 0. The Morgan fingerprint density at radius 2 is 2.16 bits per heavy atom. The number of ether oxygens (including phenoxy) is 2. The van der Waals surface area contributed by atoms with E-state index in [-0.39, 0.29) is 5.56 Å². The van der Waals surface area contributed by atoms with Gasteiger partial charge in [0.2, 0.25) is 0 Å². The summed E-state index contributed by atoms with van der Waals surface area (Å²) in [6, 6.07) is 5.20. The summed E-state index contributed by atoms with van der Waals surface area (Å²) in [5.74, 6) is 0.670. The van der Waals surface area contributed by atoms with E-state index >= 15 is 0 Å². The first kappa shape index (κ1) is 21.9. The fraction of sp³-hybridized carbons (Fsp3) is 0.435. The first-order valence-electron chi connectivity index (χ1n) is 10.7. The van der Waals surface area contributed by atoms with Gasteiger partial charge in [0.1, 0.15) is 17.1 Å². The molecule has 0 unspecified atom stereocenters. The quantitative estimate of drug-likeness (QED) is 0.391. The van der Waals surface area contributed by atoms with Crippen molar-refractivity contribution in [2.75, 3.05) is 26.8 Å². The molecule has 9 heteroatoms. The lowest BCUT2D eigenvalue weighted by molar-refractivity contribution is 0.0593. The molecular formula is C23H28N4O5. The highest BCUT2D eigenvalue weighted by molar-refractivity contribution is 5.93. The molecule has 0 atom stereocenters. The maximum atomic E-state index is 12.9. The van der Waals surface area contributed by atoms with Gasteiger partial charge in [0.05, 0.1) is 32.7 Å². The van der Waals surface area contributed by atoms with Gasteiger partial charge in [-0.05, 0) is 30.5 Å². The number of aromatic nitrogens is 3. The minimum absolute atomic E-state index is 0.172. The Labute approximate surface area is 186 Å². The third-order valence-corrected chi connectivity index (χ3v) is 5.66. The highest BCUT2D eigenvalue weighted by atomic mass is 16.5. The second-order valence-corrected chi connectivity index (χ2v) is 7.89. The van der Waals surface area contributed by atoms with Crippen molar-refractivity contribution < 1.29 is 18.7 Å². The topological polar surface area (TPSA) is 91.7 Å². The van der Waals surface area contributed by atoms with E-state index in [9.17, 15) is 9.59 Å². The van der Waals surface area contributed by atoms with Crippen LogP contribution in [-0.4, -0.2) is 52.0 Å². The van der Waals surface area contributed by atoms with Crippen molar-refractivity contribution >= 4 is 5.97 Å². The highest BCUT2D eigenvalue weighted by Crippen LogP contribution is 2.24. The monoisotopic (exact) mass is 440 g/mol. The van der Waals surface area contributed by atoms with E-state index in [4.69, 9.17) is 13.9 Å². The molecular weight excluding hydrogens is 412 g/mol. The van der Waals surface area contributed by atoms with Gasteiger partial charge in [-0.2, -0.15) is 5.10 Å². The summed E-state index contributed by atoms with van der Waals surface area (Å²) >= 11 is 0. The molecule has 0 N–H and O–H groups in total. The summed E-state index contributed by atoms with van der Waals surface area (Å²) < 4.78 is 19.8. The predicted molar refractivity (Wildman–Crippen MR) is 117 cm³/mol. The van der Waals surface area contributed by atoms with E-state index < -0.39 is 5.97 Å². The van der Waals surface area contributed by atoms with Gasteiger partial charge in [-0.3, -0.25) is 14.4 Å². The third kappa shape index (κ3) is 4.94. The zero-order chi connectivity index (χ0) is 22.5. The second-order valence-electron chi connectivity index (χ2n) is 7.89. The average molecular weight is 441 g/mol. The Balaban J connectivity index is 1.51. The van der Waals surface area contributed by atoms with Gasteiger partial charge in [-0.1, -0.05) is 0 Å². The molecule has 0 saturated carbocycles. The molecule has 0 amide bonds. The van der Waals surface area contributed by atoms with Crippen LogP contribution in [0.25, 0.3) is 0 Å². The molecule has 0 radical (unpaired) electrons. The number of carbonyl (C=O) groups excluding carboxylic acids is 1. The summed E-state index contributed by atoms with van der Waals surface area (Å²) in [5.41, 5.74) is 1.94. The normalized spacial score (nSPS) is 14.1. The molecule has 32 heavy (non-hydrogen) atoms. The first-order valence-corrected chi connectivity index (χ1v) is 10.7. The Morgan fingerprint density at radius 1 is 1.28 bits per heavy atom. The Bertz CT molecular complexity index is 1120. The van der Waals surface area contributed by atoms with E-state index in [0.29, 0.717) is 56.2 Å². The molecule has 9 nitrogen and oxygen atoms in total. The van der Waals surface area contributed by atoms with Gasteiger partial charge in [0.15, 0.2) is 0 Å². The third-order valence-electron chi connectivity index (χ3n) is 5.66. The SMILES string of the molecule is COC(=O)c1c(OCCCc2cnn(C)c2)cc(=O)n2c1CCN(Cc1ccco1)CC2. The molecule has 0 fully saturated rings. The van der Waals surface area contributed by atoms with Gasteiger partial charge in [-0.25, -0.2) is 4.79 Å². The molecule has 1 aliphatic heterocycles. The summed E-state index contributed by atoms with van der Waals surface area (Å²) in [6.45, 7) is 2.89. The standard InChI is InChI=1S/C23H28N4O5/c1-25-15-17(14-24-25)5-3-12-32-20-13-21(28)27-10-9-26(16-18-6-4-11-31-18)8-7-19(27)22(20)23(29)30-2/h4,6,11,13-15H,3,5,7-10,12,16H2,1-2H3. The lowest BCUT2D eigenvalue weighted by atomic mass is 10.1. The summed E-state index contributed by atoms with van der Waals surface area (Å²) in [7, 11) is 3.22. The van der Waals surface area contributed by atoms with E-state index in [0.717, 1.165) is 24.2 Å². The Kier molecular flexibility index (Phi) is 6.75. The second kappa shape index (κ2) is 9.86. The maximum absolute atomic E-state index is 12.9. The molecule has 3 aromatic heterocycles. The molecule has 0 aliphatic carbocycles. The molecule has 170 valence electrons. The molecule has 0 saturated heterocycles. The van der Waals surface area contributed by atoms with Crippen molar-refractivity contribution in [2.24, 2.45) is 7.05 Å². The number of aryl methyl sites for hydroxylation is 2. The largest absolute Gasteiger partial charge is 0.492 e. The van der Waals surface area contributed by atoms with Crippen molar-refractivity contribution in [3.63, 3.8) is 0 Å². The fourth-order valence-corrected chi connectivity index (χ4v) is 4.07. The average Bonchev–Trinajstić information content (AvgIpc) is 3.39. The van der Waals surface area contributed by atoms with Gasteiger partial charge < -0.3 is 18.5 Å². The minimum Gasteiger partial charge on any atom is -0.492 e. The van der Waals surface area contributed by atoms with Gasteiger partial charge in [0.25, 0.3) is 5.56 Å². The lowest BCUT2D eigenvalue weighted by Crippen LogP contribution is -2.29. The molecule has 1 aliphatic rings. The lowest BCUT2D eigenvalue weighted by Gasteiger charge is -2.17. The van der Waals surface area contributed by atoms with Gasteiger partial charge in [0, 0.05) is 51.1 Å². The highest BCUT2D eigenvalue weighted by Gasteiger charge is 2.26. The Hall–Kier alpha value is -3.33. The van der Waals surface area contributed by atoms with Crippen LogP contribution in [0.2, 0.25) is 0 Å². The van der Waals surface area contributed by atoms with Crippen LogP contribution < -0.4 is 10.3 Å². The number of carbonyl (C=O) groups is 1. The van der Waals surface area contributed by atoms with Crippen molar-refractivity contribution in [2.45, 2.75) is 32.4 Å². The smallest absolute Gasteiger partial charge is 0.343 e. The van der Waals surface area contributed by atoms with Crippen LogP contribution in [0.1, 0.15) is 33.8 Å². The van der Waals surface area contributed by atoms with E-state index in [1.807, 2.05) is 31.6 Å². The zero-order valence-corrected chi connectivity index (χ0v) is 18.5. The first-order chi connectivity index (χ1) is 15.5. The number of methoxy groups -OCH3 is 1. The number of hydrogen-bond acceptors (Lipinski definition) is 7. The van der Waals surface area contributed by atoms with Crippen LogP contribution in [0.15, 0.2) is 46.1 Å². The number of furan rings is 1. The predicted octanol–water partition coefficient (Wildman–Crippen LogP) is 2.03. The molecule has 0 bridgehead atoms. The van der Waals surface area contributed by atoms with E-state index in [1.54, 1.807) is 15.5 Å². The van der Waals surface area contributed by atoms with Crippen LogP contribution in [0, 0.1) is 0 Å². The Morgan fingerprint density at radius 3 is 2.88 bits per heavy atom. The molecule has 3 aromatic rings. The maximum Gasteiger partial charge on any atom is 0.343 e. The molecule has 0 aromatic carbocycles. The van der Waals surface area contributed by atoms with Crippen LogP contribution in [0.5, 0.6) is 5.75 Å². The minimum atomic E-state index is -0.490. The number of pyridine rings is 1. The summed E-state index contributed by atoms with van der Waals surface area (Å²) in [5, 5.41) is 4.16. The molecule has 0 spiro atoms. The number of esters is 1. The summed E-state index contributed by atoms with van der Waals surface area (Å²) in [4.78, 5) is 27.7. The van der Waals surface area contributed by atoms with Crippen LogP contribution in [0.4, 0.5) is 0 Å². The number of rotatable bonds is 8. The van der Waals surface area contributed by atoms with Crippen LogP contribution in [-0.2, 0) is 37.7 Å². The van der Waals surface area contributed by atoms with Gasteiger partial charge >= 0.3 is 5.97 Å². The van der Waals surface area contributed by atoms with Crippen LogP contribution >= 0.6 is 0 Å². The zero-order valence-electron chi connectivity index (χ0n) is 18.5. The van der Waals surface area contributed by atoms with Crippen LogP contribution in [0.3, 0.4) is 0 Å². The van der Waals surface area contributed by atoms with Crippen molar-refractivity contribution in [3.8, 4) is 5.75 Å². The van der Waals surface area contributed by atoms with Crippen molar-refractivity contribution in [3.05, 3.63) is 69.8 Å². The van der Waals surface area contributed by atoms with Crippen molar-refractivity contribution in [1.29, 1.82) is 0 Å². The molecule has 4 heterocycles.